The molecule has 0 saturated heterocycles. The monoisotopic (exact) mass is 229 g/mol. The third-order valence-electron chi connectivity index (χ3n) is 1.97. The minimum Gasteiger partial charge on any atom is -0.507 e. The highest BCUT2D eigenvalue weighted by Gasteiger charge is 2.25. The number of carbonyl (C=O) groups is 2. The van der Waals surface area contributed by atoms with Crippen molar-refractivity contribution in [3.8, 4) is 5.75 Å². The maximum atomic E-state index is 13.0. The van der Waals surface area contributed by atoms with Gasteiger partial charge in [0.05, 0.1) is 0 Å². The van der Waals surface area contributed by atoms with E-state index in [4.69, 9.17) is 15.9 Å². The average molecular weight is 229 g/mol. The number of aromatic carboxylic acids is 1. The van der Waals surface area contributed by atoms with E-state index in [1.54, 1.807) is 0 Å². The first-order chi connectivity index (χ1) is 7.36. The van der Waals surface area contributed by atoms with Crippen molar-refractivity contribution >= 4 is 11.9 Å². The second kappa shape index (κ2) is 4.15. The van der Waals surface area contributed by atoms with Crippen molar-refractivity contribution in [2.45, 2.75) is 6.04 Å². The molecule has 1 atom stereocenters. The van der Waals surface area contributed by atoms with Gasteiger partial charge < -0.3 is 21.1 Å². The Hall–Kier alpha value is -2.15. The van der Waals surface area contributed by atoms with Crippen LogP contribution in [0.25, 0.3) is 0 Å². The third-order valence-corrected chi connectivity index (χ3v) is 1.97. The minimum atomic E-state index is -1.70. The first-order valence-corrected chi connectivity index (χ1v) is 4.09. The molecular formula is C9H8FNO5. The molecule has 0 bridgehead atoms. The number of halogens is 1. The van der Waals surface area contributed by atoms with E-state index in [1.165, 1.54) is 0 Å². The van der Waals surface area contributed by atoms with Gasteiger partial charge in [-0.15, -0.1) is 0 Å². The van der Waals surface area contributed by atoms with Crippen molar-refractivity contribution in [1.82, 2.24) is 0 Å². The van der Waals surface area contributed by atoms with Gasteiger partial charge in [0.15, 0.2) is 0 Å². The van der Waals surface area contributed by atoms with Crippen molar-refractivity contribution in [2.24, 2.45) is 5.73 Å². The van der Waals surface area contributed by atoms with Gasteiger partial charge in [-0.3, -0.25) is 4.79 Å². The topological polar surface area (TPSA) is 121 Å². The summed E-state index contributed by atoms with van der Waals surface area (Å²) in [6.07, 6.45) is 0. The molecular weight excluding hydrogens is 221 g/mol. The maximum absolute atomic E-state index is 13.0. The fraction of sp³-hybridized carbons (Fsp3) is 0.111. The first-order valence-electron chi connectivity index (χ1n) is 4.09. The molecule has 0 aromatic heterocycles. The smallest absolute Gasteiger partial charge is 0.342 e. The number of rotatable bonds is 3. The largest absolute Gasteiger partial charge is 0.507 e. The van der Waals surface area contributed by atoms with E-state index in [0.717, 1.165) is 12.1 Å². The van der Waals surface area contributed by atoms with Gasteiger partial charge in [0.2, 0.25) is 0 Å². The van der Waals surface area contributed by atoms with Crippen molar-refractivity contribution < 1.29 is 29.3 Å². The van der Waals surface area contributed by atoms with E-state index in [2.05, 4.69) is 0 Å². The quantitative estimate of drug-likeness (QED) is 0.592. The van der Waals surface area contributed by atoms with Crippen molar-refractivity contribution in [3.05, 3.63) is 29.1 Å². The summed E-state index contributed by atoms with van der Waals surface area (Å²) >= 11 is 0. The van der Waals surface area contributed by atoms with Crippen LogP contribution >= 0.6 is 0 Å². The van der Waals surface area contributed by atoms with Crippen LogP contribution in [0.3, 0.4) is 0 Å². The lowest BCUT2D eigenvalue weighted by molar-refractivity contribution is -0.138. The molecule has 0 spiro atoms. The van der Waals surface area contributed by atoms with Crippen molar-refractivity contribution in [2.75, 3.05) is 0 Å². The van der Waals surface area contributed by atoms with Crippen LogP contribution < -0.4 is 5.73 Å². The molecule has 0 unspecified atom stereocenters. The van der Waals surface area contributed by atoms with Gasteiger partial charge in [-0.25, -0.2) is 9.18 Å². The minimum absolute atomic E-state index is 0.355. The van der Waals surface area contributed by atoms with Crippen LogP contribution in [0, 0.1) is 5.82 Å². The molecule has 1 aromatic carbocycles. The normalized spacial score (nSPS) is 12.1. The lowest BCUT2D eigenvalue weighted by atomic mass is 10.0. The Bertz CT molecular complexity index is 459. The molecule has 0 saturated carbocycles. The molecule has 1 rings (SSSR count). The number of nitrogens with two attached hydrogens (primary N) is 1. The lowest BCUT2D eigenvalue weighted by Gasteiger charge is -2.11. The zero-order valence-electron chi connectivity index (χ0n) is 7.85. The Morgan fingerprint density at radius 2 is 1.88 bits per heavy atom. The fourth-order valence-electron chi connectivity index (χ4n) is 1.17. The molecule has 0 fully saturated rings. The molecule has 6 nitrogen and oxygen atoms in total. The number of carboxylic acids is 2. The van der Waals surface area contributed by atoms with Crippen LogP contribution in [0.15, 0.2) is 12.1 Å². The van der Waals surface area contributed by atoms with E-state index >= 15 is 0 Å². The van der Waals surface area contributed by atoms with Gasteiger partial charge in [0.1, 0.15) is 23.2 Å². The van der Waals surface area contributed by atoms with E-state index in [1.807, 2.05) is 0 Å². The van der Waals surface area contributed by atoms with Gasteiger partial charge in [0.25, 0.3) is 0 Å². The molecule has 7 heteroatoms. The lowest BCUT2D eigenvalue weighted by Crippen LogP contribution is -2.21. The summed E-state index contributed by atoms with van der Waals surface area (Å²) < 4.78 is 13.0. The van der Waals surface area contributed by atoms with Gasteiger partial charge in [-0.05, 0) is 6.07 Å². The Labute approximate surface area is 88.7 Å². The predicted octanol–water partition coefficient (Wildman–Crippen LogP) is 0.314. The highest BCUT2D eigenvalue weighted by Crippen LogP contribution is 2.29. The number of carboxylic acid groups (broad SMARTS) is 2. The number of aromatic hydroxyl groups is 1. The van der Waals surface area contributed by atoms with Crippen molar-refractivity contribution in [3.63, 3.8) is 0 Å². The molecule has 5 N–H and O–H groups in total. The standard InChI is InChI=1S/C9H8FNO5/c10-4-2-1-3(6(11)9(15)16)7(12)5(4)8(13)14/h1-2,6,12H,11H2,(H,13,14)(H,15,16)/t6-/m0/s1. The Morgan fingerprint density at radius 1 is 1.31 bits per heavy atom. The predicted molar refractivity (Wildman–Crippen MR) is 49.6 cm³/mol. The summed E-state index contributed by atoms with van der Waals surface area (Å²) in [7, 11) is 0. The summed E-state index contributed by atoms with van der Waals surface area (Å²) in [6, 6.07) is 0.0516. The Kier molecular flexibility index (Phi) is 3.09. The zero-order valence-corrected chi connectivity index (χ0v) is 7.85. The maximum Gasteiger partial charge on any atom is 0.342 e. The van der Waals surface area contributed by atoms with Crippen LogP contribution in [0.2, 0.25) is 0 Å². The summed E-state index contributed by atoms with van der Waals surface area (Å²) in [6.45, 7) is 0. The molecule has 0 amide bonds. The summed E-state index contributed by atoms with van der Waals surface area (Å²) in [5.74, 6) is -5.29. The van der Waals surface area contributed by atoms with Crippen LogP contribution in [0.5, 0.6) is 5.75 Å². The highest BCUT2D eigenvalue weighted by molar-refractivity contribution is 5.92. The van der Waals surface area contributed by atoms with E-state index in [-0.39, 0.29) is 5.56 Å². The number of phenols is 1. The third kappa shape index (κ3) is 1.94. The Balaban J connectivity index is 3.40. The van der Waals surface area contributed by atoms with Crippen molar-refractivity contribution in [1.29, 1.82) is 0 Å². The molecule has 0 radical (unpaired) electrons. The average Bonchev–Trinajstić information content (AvgIpc) is 2.16. The molecule has 0 aliphatic rings. The SMILES string of the molecule is N[C@H](C(=O)O)c1ccc(F)c(C(=O)O)c1O. The molecule has 0 aliphatic carbocycles. The second-order valence-corrected chi connectivity index (χ2v) is 2.98. The number of benzene rings is 1. The zero-order chi connectivity index (χ0) is 12.5. The molecule has 86 valence electrons. The summed E-state index contributed by atoms with van der Waals surface area (Å²) in [4.78, 5) is 21.1. The first kappa shape index (κ1) is 11.9. The van der Waals surface area contributed by atoms with Gasteiger partial charge in [-0.1, -0.05) is 6.07 Å². The number of hydrogen-bond acceptors (Lipinski definition) is 4. The number of aliphatic carboxylic acids is 1. The van der Waals surface area contributed by atoms with Gasteiger partial charge in [0, 0.05) is 5.56 Å². The molecule has 0 aliphatic heterocycles. The van der Waals surface area contributed by atoms with E-state index in [0.29, 0.717) is 0 Å². The summed E-state index contributed by atoms with van der Waals surface area (Å²) in [5, 5.41) is 26.6. The van der Waals surface area contributed by atoms with Crippen LogP contribution in [0.4, 0.5) is 4.39 Å². The van der Waals surface area contributed by atoms with Gasteiger partial charge >= 0.3 is 11.9 Å². The van der Waals surface area contributed by atoms with E-state index < -0.39 is 35.1 Å². The molecule has 1 aromatic rings. The van der Waals surface area contributed by atoms with Crippen LogP contribution in [-0.2, 0) is 4.79 Å². The highest BCUT2D eigenvalue weighted by atomic mass is 19.1. The van der Waals surface area contributed by atoms with Crippen LogP contribution in [0.1, 0.15) is 22.0 Å². The van der Waals surface area contributed by atoms with Crippen LogP contribution in [-0.4, -0.2) is 27.3 Å². The summed E-state index contributed by atoms with van der Waals surface area (Å²) in [5.41, 5.74) is 3.84. The van der Waals surface area contributed by atoms with Gasteiger partial charge in [-0.2, -0.15) is 0 Å². The second-order valence-electron chi connectivity index (χ2n) is 2.98. The fourth-order valence-corrected chi connectivity index (χ4v) is 1.17. The van der Waals surface area contributed by atoms with E-state index in [9.17, 15) is 19.1 Å². The number of hydrogen-bond donors (Lipinski definition) is 4. The molecule has 0 heterocycles. The molecule has 16 heavy (non-hydrogen) atoms. The Morgan fingerprint density at radius 3 is 2.31 bits per heavy atom.